The van der Waals surface area contributed by atoms with E-state index in [1.165, 1.54) is 0 Å². The van der Waals surface area contributed by atoms with Crippen LogP contribution in [0.3, 0.4) is 0 Å². The van der Waals surface area contributed by atoms with E-state index in [1.807, 2.05) is 24.3 Å². The first-order chi connectivity index (χ1) is 7.58. The largest absolute Gasteiger partial charge is 0.376 e. The van der Waals surface area contributed by atoms with Gasteiger partial charge in [-0.25, -0.2) is 0 Å². The zero-order valence-corrected chi connectivity index (χ0v) is 11.2. The van der Waals surface area contributed by atoms with Crippen molar-refractivity contribution < 1.29 is 4.79 Å². The highest BCUT2D eigenvalue weighted by Gasteiger charge is 2.01. The van der Waals surface area contributed by atoms with Gasteiger partial charge in [-0.15, -0.1) is 0 Å². The first kappa shape index (κ1) is 13.0. The number of hydrogen-bond acceptors (Lipinski definition) is 2. The van der Waals surface area contributed by atoms with E-state index in [4.69, 9.17) is 0 Å². The van der Waals surface area contributed by atoms with Crippen LogP contribution >= 0.6 is 15.9 Å². The van der Waals surface area contributed by atoms with Gasteiger partial charge in [0.1, 0.15) is 0 Å². The van der Waals surface area contributed by atoms with Crippen molar-refractivity contribution in [2.24, 2.45) is 5.92 Å². The van der Waals surface area contributed by atoms with E-state index < -0.39 is 0 Å². The summed E-state index contributed by atoms with van der Waals surface area (Å²) in [6.07, 6.45) is 0. The number of anilines is 1. The summed E-state index contributed by atoms with van der Waals surface area (Å²) in [5.74, 6) is 0.508. The van der Waals surface area contributed by atoms with Gasteiger partial charge in [-0.3, -0.25) is 4.79 Å². The number of carbonyl (C=O) groups excluding carboxylic acids is 1. The highest BCUT2D eigenvalue weighted by atomic mass is 79.9. The highest BCUT2D eigenvalue weighted by Crippen LogP contribution is 2.13. The summed E-state index contributed by atoms with van der Waals surface area (Å²) in [5, 5.41) is 5.92. The van der Waals surface area contributed by atoms with Gasteiger partial charge in [0, 0.05) is 16.7 Å². The van der Waals surface area contributed by atoms with E-state index in [-0.39, 0.29) is 5.91 Å². The van der Waals surface area contributed by atoms with Crippen LogP contribution in [0.1, 0.15) is 13.8 Å². The van der Waals surface area contributed by atoms with Crippen molar-refractivity contribution in [2.45, 2.75) is 13.8 Å². The highest BCUT2D eigenvalue weighted by molar-refractivity contribution is 9.10. The molecule has 3 nitrogen and oxygen atoms in total. The number of hydrogen-bond donors (Lipinski definition) is 2. The smallest absolute Gasteiger partial charge is 0.239 e. The molecule has 0 bridgehead atoms. The Morgan fingerprint density at radius 3 is 2.50 bits per heavy atom. The Hall–Kier alpha value is -1.03. The predicted molar refractivity (Wildman–Crippen MR) is 70.5 cm³/mol. The van der Waals surface area contributed by atoms with E-state index in [0.29, 0.717) is 12.5 Å². The Bertz CT molecular complexity index is 335. The fourth-order valence-corrected chi connectivity index (χ4v) is 1.39. The van der Waals surface area contributed by atoms with Crippen LogP contribution in [0.5, 0.6) is 0 Å². The Labute approximate surface area is 105 Å². The number of carbonyl (C=O) groups is 1. The minimum atomic E-state index is 0.0246. The molecule has 0 spiro atoms. The van der Waals surface area contributed by atoms with Crippen LogP contribution in [0, 0.1) is 5.92 Å². The Balaban J connectivity index is 2.29. The third-order valence-corrected chi connectivity index (χ3v) is 2.53. The fourth-order valence-electron chi connectivity index (χ4n) is 1.13. The molecule has 1 aromatic rings. The van der Waals surface area contributed by atoms with Crippen molar-refractivity contribution in [1.29, 1.82) is 0 Å². The molecule has 0 fully saturated rings. The summed E-state index contributed by atoms with van der Waals surface area (Å²) in [4.78, 5) is 11.4. The molecule has 0 atom stereocenters. The lowest BCUT2D eigenvalue weighted by Crippen LogP contribution is -2.32. The maximum absolute atomic E-state index is 11.4. The molecule has 1 rings (SSSR count). The van der Waals surface area contributed by atoms with Crippen LogP contribution in [0.4, 0.5) is 5.69 Å². The molecule has 0 radical (unpaired) electrons. The van der Waals surface area contributed by atoms with Gasteiger partial charge < -0.3 is 10.6 Å². The molecule has 0 aliphatic carbocycles. The summed E-state index contributed by atoms with van der Waals surface area (Å²) in [6.45, 7) is 5.18. The van der Waals surface area contributed by atoms with Crippen molar-refractivity contribution in [1.82, 2.24) is 5.32 Å². The third kappa shape index (κ3) is 5.16. The van der Waals surface area contributed by atoms with Crippen LogP contribution in [-0.2, 0) is 4.79 Å². The topological polar surface area (TPSA) is 41.1 Å². The van der Waals surface area contributed by atoms with E-state index >= 15 is 0 Å². The molecule has 16 heavy (non-hydrogen) atoms. The Morgan fingerprint density at radius 1 is 1.31 bits per heavy atom. The summed E-state index contributed by atoms with van der Waals surface area (Å²) in [5.41, 5.74) is 0.947. The average Bonchev–Trinajstić information content (AvgIpc) is 2.25. The number of nitrogens with one attached hydrogen (secondary N) is 2. The zero-order chi connectivity index (χ0) is 12.0. The van der Waals surface area contributed by atoms with Crippen molar-refractivity contribution in [3.63, 3.8) is 0 Å². The van der Waals surface area contributed by atoms with Gasteiger partial charge in [0.25, 0.3) is 0 Å². The minimum Gasteiger partial charge on any atom is -0.376 e. The predicted octanol–water partition coefficient (Wildman–Crippen LogP) is 2.63. The second kappa shape index (κ2) is 6.53. The van der Waals surface area contributed by atoms with Crippen LogP contribution < -0.4 is 10.6 Å². The lowest BCUT2D eigenvalue weighted by atomic mass is 10.2. The van der Waals surface area contributed by atoms with Crippen molar-refractivity contribution >= 4 is 27.5 Å². The van der Waals surface area contributed by atoms with E-state index in [9.17, 15) is 4.79 Å². The van der Waals surface area contributed by atoms with Gasteiger partial charge in [-0.05, 0) is 30.2 Å². The molecule has 2 N–H and O–H groups in total. The van der Waals surface area contributed by atoms with Gasteiger partial charge in [-0.1, -0.05) is 29.8 Å². The molecular weight excluding hydrogens is 268 g/mol. The van der Waals surface area contributed by atoms with Gasteiger partial charge in [-0.2, -0.15) is 0 Å². The lowest BCUT2D eigenvalue weighted by molar-refractivity contribution is -0.119. The molecule has 0 aliphatic heterocycles. The van der Waals surface area contributed by atoms with Crippen molar-refractivity contribution in [3.8, 4) is 0 Å². The monoisotopic (exact) mass is 284 g/mol. The quantitative estimate of drug-likeness (QED) is 0.873. The molecular formula is C12H17BrN2O. The lowest BCUT2D eigenvalue weighted by Gasteiger charge is -2.09. The number of amides is 1. The normalized spacial score (nSPS) is 10.2. The molecule has 1 amide bonds. The van der Waals surface area contributed by atoms with Crippen molar-refractivity contribution in [2.75, 3.05) is 18.4 Å². The van der Waals surface area contributed by atoms with Crippen LogP contribution in [0.25, 0.3) is 0 Å². The van der Waals surface area contributed by atoms with E-state index in [1.54, 1.807) is 0 Å². The van der Waals surface area contributed by atoms with Gasteiger partial charge in [0.2, 0.25) is 5.91 Å². The molecule has 1 aromatic carbocycles. The van der Waals surface area contributed by atoms with Crippen LogP contribution in [-0.4, -0.2) is 19.0 Å². The molecule has 0 aromatic heterocycles. The zero-order valence-electron chi connectivity index (χ0n) is 9.59. The summed E-state index contributed by atoms with van der Waals surface area (Å²) in [7, 11) is 0. The van der Waals surface area contributed by atoms with Gasteiger partial charge in [0.15, 0.2) is 0 Å². The first-order valence-corrected chi connectivity index (χ1v) is 6.13. The van der Waals surface area contributed by atoms with E-state index in [0.717, 1.165) is 16.7 Å². The number of halogens is 1. The van der Waals surface area contributed by atoms with Gasteiger partial charge >= 0.3 is 0 Å². The second-order valence-corrected chi connectivity index (χ2v) is 4.97. The molecule has 88 valence electrons. The number of benzene rings is 1. The minimum absolute atomic E-state index is 0.0246. The Morgan fingerprint density at radius 2 is 1.94 bits per heavy atom. The summed E-state index contributed by atoms with van der Waals surface area (Å²) >= 11 is 3.36. The Kier molecular flexibility index (Phi) is 5.32. The number of rotatable bonds is 5. The molecule has 0 heterocycles. The molecule has 0 unspecified atom stereocenters. The van der Waals surface area contributed by atoms with Crippen LogP contribution in [0.2, 0.25) is 0 Å². The molecule has 0 aliphatic rings. The third-order valence-electron chi connectivity index (χ3n) is 2.00. The standard InChI is InChI=1S/C12H17BrN2O/c1-9(2)7-15-12(16)8-14-11-5-3-10(13)4-6-11/h3-6,9,14H,7-8H2,1-2H3,(H,15,16). The second-order valence-electron chi connectivity index (χ2n) is 4.06. The molecule has 4 heteroatoms. The summed E-state index contributed by atoms with van der Waals surface area (Å²) in [6, 6.07) is 7.74. The SMILES string of the molecule is CC(C)CNC(=O)CNc1ccc(Br)cc1. The fraction of sp³-hybridized carbons (Fsp3) is 0.417. The summed E-state index contributed by atoms with van der Waals surface area (Å²) < 4.78 is 1.03. The van der Waals surface area contributed by atoms with Crippen molar-refractivity contribution in [3.05, 3.63) is 28.7 Å². The molecule has 0 saturated heterocycles. The maximum atomic E-state index is 11.4. The van der Waals surface area contributed by atoms with Crippen LogP contribution in [0.15, 0.2) is 28.7 Å². The van der Waals surface area contributed by atoms with Gasteiger partial charge in [0.05, 0.1) is 6.54 Å². The van der Waals surface area contributed by atoms with E-state index in [2.05, 4.69) is 40.4 Å². The average molecular weight is 285 g/mol. The maximum Gasteiger partial charge on any atom is 0.239 e. The first-order valence-electron chi connectivity index (χ1n) is 5.34. The molecule has 0 saturated carbocycles.